The van der Waals surface area contributed by atoms with E-state index >= 15 is 0 Å². The van der Waals surface area contributed by atoms with E-state index in [1.54, 1.807) is 0 Å². The largest absolute Gasteiger partial charge is 0.456 e. The van der Waals surface area contributed by atoms with Crippen LogP contribution in [0.25, 0.3) is 72.0 Å². The molecule has 0 atom stereocenters. The average Bonchev–Trinajstić information content (AvgIpc) is 3.99. The predicted molar refractivity (Wildman–Crippen MR) is 262 cm³/mol. The van der Waals surface area contributed by atoms with Crippen molar-refractivity contribution in [3.63, 3.8) is 0 Å². The quantitative estimate of drug-likeness (QED) is 0.166. The highest BCUT2D eigenvalue weighted by Gasteiger charge is 2.52. The van der Waals surface area contributed by atoms with Gasteiger partial charge in [0.1, 0.15) is 11.2 Å². The van der Waals surface area contributed by atoms with Crippen molar-refractivity contribution < 1.29 is 4.42 Å². The second-order valence-corrected chi connectivity index (χ2v) is 17.0. The first-order chi connectivity index (χ1) is 31.3. The molecule has 0 fully saturated rings. The molecule has 0 aliphatic heterocycles. The molecule has 3 aliphatic rings. The Morgan fingerprint density at radius 1 is 0.413 bits per heavy atom. The third-order valence-electron chi connectivity index (χ3n) is 13.8. The Morgan fingerprint density at radius 3 is 1.83 bits per heavy atom. The third kappa shape index (κ3) is 5.31. The van der Waals surface area contributed by atoms with Crippen molar-refractivity contribution >= 4 is 44.6 Å². The molecule has 1 aromatic heterocycles. The molecule has 10 aromatic rings. The molecule has 0 N–H and O–H groups in total. The molecule has 63 heavy (non-hydrogen) atoms. The first kappa shape index (κ1) is 35.8. The Morgan fingerprint density at radius 2 is 1.03 bits per heavy atom. The molecule has 9 aromatic carbocycles. The van der Waals surface area contributed by atoms with Crippen LogP contribution in [0.3, 0.4) is 0 Å². The highest BCUT2D eigenvalue weighted by Crippen LogP contribution is 2.64. The smallest absolute Gasteiger partial charge is 0.135 e. The van der Waals surface area contributed by atoms with Gasteiger partial charge in [0, 0.05) is 27.7 Å². The first-order valence-electron chi connectivity index (χ1n) is 22.1. The molecule has 0 saturated heterocycles. The molecular weight excluding hydrogens is 763 g/mol. The standard InChI is InChI=1S/C61H41NO/c1-3-17-40(18-4-1)41-19-15-22-45(37-41)62(44-20-5-2-6-21-44)57-39-43(42-34-36-59-52(38-42)49-25-10-14-32-58(49)63-59)33-35-48(57)50-27-16-31-56-60(50)51-26-9-13-30-55(51)61(56)53-28-11-7-23-46(53)47-24-8-12-29-54(47)61/h1-3,5-17,19-39H,4,18H2. The number of furan rings is 1. The molecule has 1 spiro atoms. The van der Waals surface area contributed by atoms with Crippen LogP contribution in [-0.4, -0.2) is 0 Å². The topological polar surface area (TPSA) is 16.4 Å². The number of rotatable bonds is 6. The van der Waals surface area contributed by atoms with Crippen LogP contribution in [-0.2, 0) is 5.41 Å². The summed E-state index contributed by atoms with van der Waals surface area (Å²) in [6.07, 6.45) is 8.81. The van der Waals surface area contributed by atoms with E-state index in [4.69, 9.17) is 4.42 Å². The minimum absolute atomic E-state index is 0.437. The molecule has 2 nitrogen and oxygen atoms in total. The molecule has 0 bridgehead atoms. The van der Waals surface area contributed by atoms with Gasteiger partial charge in [0.05, 0.1) is 11.1 Å². The molecule has 2 heteroatoms. The monoisotopic (exact) mass is 803 g/mol. The normalized spacial score (nSPS) is 14.1. The number of hydrogen-bond acceptors (Lipinski definition) is 2. The number of para-hydroxylation sites is 2. The van der Waals surface area contributed by atoms with Crippen LogP contribution in [0.2, 0.25) is 0 Å². The van der Waals surface area contributed by atoms with E-state index in [0.717, 1.165) is 63.0 Å². The Balaban J connectivity index is 1.09. The molecule has 296 valence electrons. The van der Waals surface area contributed by atoms with Crippen LogP contribution in [0.1, 0.15) is 40.7 Å². The lowest BCUT2D eigenvalue weighted by Crippen LogP contribution is -2.25. The highest BCUT2D eigenvalue weighted by molar-refractivity contribution is 6.07. The SMILES string of the molecule is C1=CCCC(c2cccc(N(c3ccccc3)c3cc(-c4ccc5oc6ccccc6c5c4)ccc3-c3cccc4c3-c3ccccc3C43c4ccccc4-c4ccccc43)c2)=C1. The Labute approximate surface area is 367 Å². The zero-order valence-electron chi connectivity index (χ0n) is 34.6. The highest BCUT2D eigenvalue weighted by atomic mass is 16.3. The van der Waals surface area contributed by atoms with Gasteiger partial charge in [-0.1, -0.05) is 176 Å². The van der Waals surface area contributed by atoms with Crippen molar-refractivity contribution in [1.29, 1.82) is 0 Å². The van der Waals surface area contributed by atoms with Gasteiger partial charge in [-0.05, 0) is 134 Å². The lowest BCUT2D eigenvalue weighted by Gasteiger charge is -2.31. The van der Waals surface area contributed by atoms with E-state index in [-0.39, 0.29) is 0 Å². The second kappa shape index (κ2) is 14.1. The first-order valence-corrected chi connectivity index (χ1v) is 22.1. The summed E-state index contributed by atoms with van der Waals surface area (Å²) in [7, 11) is 0. The molecule has 1 heterocycles. The summed E-state index contributed by atoms with van der Waals surface area (Å²) in [5, 5.41) is 2.25. The minimum atomic E-state index is -0.437. The van der Waals surface area contributed by atoms with Gasteiger partial charge in [-0.3, -0.25) is 0 Å². The maximum atomic E-state index is 6.30. The summed E-state index contributed by atoms with van der Waals surface area (Å²) in [6.45, 7) is 0. The zero-order valence-corrected chi connectivity index (χ0v) is 34.6. The van der Waals surface area contributed by atoms with Crippen LogP contribution in [0.5, 0.6) is 0 Å². The molecule has 13 rings (SSSR count). The van der Waals surface area contributed by atoms with Crippen LogP contribution in [0, 0.1) is 0 Å². The van der Waals surface area contributed by atoms with E-state index in [1.807, 2.05) is 6.07 Å². The summed E-state index contributed by atoms with van der Waals surface area (Å²) in [6, 6.07) is 76.4. The van der Waals surface area contributed by atoms with Gasteiger partial charge >= 0.3 is 0 Å². The summed E-state index contributed by atoms with van der Waals surface area (Å²) in [5.41, 5.74) is 22.6. The van der Waals surface area contributed by atoms with Crippen molar-refractivity contribution in [1.82, 2.24) is 0 Å². The van der Waals surface area contributed by atoms with Crippen molar-refractivity contribution in [2.45, 2.75) is 18.3 Å². The average molecular weight is 804 g/mol. The van der Waals surface area contributed by atoms with E-state index in [1.165, 1.54) is 66.8 Å². The van der Waals surface area contributed by atoms with Crippen molar-refractivity contribution in [3.05, 3.63) is 252 Å². The van der Waals surface area contributed by atoms with Crippen molar-refractivity contribution in [3.8, 4) is 44.5 Å². The zero-order chi connectivity index (χ0) is 41.5. The van der Waals surface area contributed by atoms with E-state index < -0.39 is 5.41 Å². The maximum Gasteiger partial charge on any atom is 0.135 e. The Hall–Kier alpha value is -7.94. The Kier molecular flexibility index (Phi) is 7.98. The maximum absolute atomic E-state index is 6.30. The van der Waals surface area contributed by atoms with Gasteiger partial charge < -0.3 is 9.32 Å². The molecule has 0 radical (unpaired) electrons. The molecule has 0 unspecified atom stereocenters. The number of benzene rings is 9. The van der Waals surface area contributed by atoms with Crippen LogP contribution >= 0.6 is 0 Å². The number of fused-ring (bicyclic) bond motifs is 13. The summed E-state index contributed by atoms with van der Waals surface area (Å²) in [4.78, 5) is 2.48. The van der Waals surface area contributed by atoms with Crippen molar-refractivity contribution in [2.24, 2.45) is 0 Å². The molecular formula is C61H41NO. The number of nitrogens with zero attached hydrogens (tertiary/aromatic N) is 1. The van der Waals surface area contributed by atoms with E-state index in [9.17, 15) is 0 Å². The number of hydrogen-bond donors (Lipinski definition) is 0. The van der Waals surface area contributed by atoms with Crippen molar-refractivity contribution in [2.75, 3.05) is 4.90 Å². The third-order valence-corrected chi connectivity index (χ3v) is 13.8. The predicted octanol–water partition coefficient (Wildman–Crippen LogP) is 16.5. The molecule has 3 aliphatic carbocycles. The summed E-state index contributed by atoms with van der Waals surface area (Å²) >= 11 is 0. The van der Waals surface area contributed by atoms with Gasteiger partial charge in [-0.15, -0.1) is 0 Å². The van der Waals surface area contributed by atoms with Crippen LogP contribution in [0.4, 0.5) is 17.1 Å². The number of anilines is 3. The Bertz CT molecular complexity index is 3480. The van der Waals surface area contributed by atoms with Gasteiger partial charge in [0.15, 0.2) is 0 Å². The van der Waals surface area contributed by atoms with Gasteiger partial charge in [-0.2, -0.15) is 0 Å². The van der Waals surface area contributed by atoms with Crippen LogP contribution < -0.4 is 4.90 Å². The number of allylic oxidation sites excluding steroid dienone is 4. The minimum Gasteiger partial charge on any atom is -0.456 e. The van der Waals surface area contributed by atoms with E-state index in [0.29, 0.717) is 0 Å². The summed E-state index contributed by atoms with van der Waals surface area (Å²) in [5.74, 6) is 0. The lowest BCUT2D eigenvalue weighted by atomic mass is 9.70. The second-order valence-electron chi connectivity index (χ2n) is 17.0. The lowest BCUT2D eigenvalue weighted by molar-refractivity contribution is 0.669. The molecule has 0 amide bonds. The summed E-state index contributed by atoms with van der Waals surface area (Å²) < 4.78 is 6.30. The molecule has 0 saturated carbocycles. The van der Waals surface area contributed by atoms with Gasteiger partial charge in [0.2, 0.25) is 0 Å². The van der Waals surface area contributed by atoms with Crippen LogP contribution in [0.15, 0.2) is 229 Å². The fraction of sp³-hybridized carbons (Fsp3) is 0.0492. The van der Waals surface area contributed by atoms with Gasteiger partial charge in [0.25, 0.3) is 0 Å². The fourth-order valence-corrected chi connectivity index (χ4v) is 11.1. The van der Waals surface area contributed by atoms with Gasteiger partial charge in [-0.25, -0.2) is 0 Å². The fourth-order valence-electron chi connectivity index (χ4n) is 11.1. The van der Waals surface area contributed by atoms with E-state index in [2.05, 4.69) is 223 Å².